The molecule has 2 N–H and O–H groups in total. The highest BCUT2D eigenvalue weighted by atomic mass is 16.4. The number of likely N-dealkylation sites (tertiary alicyclic amines) is 1. The number of amides is 2. The van der Waals surface area contributed by atoms with E-state index in [0.717, 1.165) is 31.6 Å². The van der Waals surface area contributed by atoms with Gasteiger partial charge in [-0.15, -0.1) is 0 Å². The van der Waals surface area contributed by atoms with Gasteiger partial charge in [-0.25, -0.2) is 9.59 Å². The van der Waals surface area contributed by atoms with Gasteiger partial charge in [0.1, 0.15) is 6.04 Å². The van der Waals surface area contributed by atoms with Crippen LogP contribution in [-0.2, 0) is 4.79 Å². The predicted octanol–water partition coefficient (Wildman–Crippen LogP) is 3.24. The third-order valence-electron chi connectivity index (χ3n) is 4.03. The number of carboxylic acid groups (broad SMARTS) is 1. The molecule has 1 unspecified atom stereocenters. The fourth-order valence-electron chi connectivity index (χ4n) is 2.76. The van der Waals surface area contributed by atoms with E-state index in [1.54, 1.807) is 0 Å². The summed E-state index contributed by atoms with van der Waals surface area (Å²) in [5.74, 6) is -0.129. The molecule has 0 aromatic carbocycles. The standard InChI is InChI=1S/C16H30N2O3/c1-13(2)9-5-3-4-7-11-17-16(21)18-12-8-6-10-14(18)15(19)20/h13-14H,3-12H2,1-2H3,(H,17,21)(H,19,20). The smallest absolute Gasteiger partial charge is 0.326 e. The zero-order valence-corrected chi connectivity index (χ0v) is 13.4. The predicted molar refractivity (Wildman–Crippen MR) is 83.3 cm³/mol. The van der Waals surface area contributed by atoms with E-state index in [4.69, 9.17) is 5.11 Å². The lowest BCUT2D eigenvalue weighted by Crippen LogP contribution is -2.52. The van der Waals surface area contributed by atoms with Crippen LogP contribution in [0.4, 0.5) is 4.79 Å². The maximum absolute atomic E-state index is 12.0. The monoisotopic (exact) mass is 298 g/mol. The van der Waals surface area contributed by atoms with Crippen LogP contribution in [0.1, 0.15) is 65.2 Å². The average molecular weight is 298 g/mol. The molecule has 1 aliphatic heterocycles. The number of hydrogen-bond donors (Lipinski definition) is 2. The van der Waals surface area contributed by atoms with Gasteiger partial charge in [0.25, 0.3) is 0 Å². The molecular weight excluding hydrogens is 268 g/mol. The number of carbonyl (C=O) groups excluding carboxylic acids is 1. The number of rotatable bonds is 8. The Labute approximate surface area is 128 Å². The van der Waals surface area contributed by atoms with Crippen molar-refractivity contribution in [2.75, 3.05) is 13.1 Å². The molecule has 122 valence electrons. The van der Waals surface area contributed by atoms with E-state index >= 15 is 0 Å². The molecule has 0 aliphatic carbocycles. The first-order chi connectivity index (χ1) is 10.0. The molecule has 21 heavy (non-hydrogen) atoms. The molecule has 1 saturated heterocycles. The van der Waals surface area contributed by atoms with Gasteiger partial charge in [0.15, 0.2) is 0 Å². The van der Waals surface area contributed by atoms with Gasteiger partial charge >= 0.3 is 12.0 Å². The van der Waals surface area contributed by atoms with Gasteiger partial charge in [-0.3, -0.25) is 0 Å². The van der Waals surface area contributed by atoms with Crippen molar-refractivity contribution in [3.05, 3.63) is 0 Å². The molecular formula is C16H30N2O3. The summed E-state index contributed by atoms with van der Waals surface area (Å²) in [6, 6.07) is -0.867. The Morgan fingerprint density at radius 1 is 1.19 bits per heavy atom. The molecule has 5 nitrogen and oxygen atoms in total. The van der Waals surface area contributed by atoms with E-state index in [-0.39, 0.29) is 6.03 Å². The largest absolute Gasteiger partial charge is 0.480 e. The van der Waals surface area contributed by atoms with Gasteiger partial charge < -0.3 is 15.3 Å². The van der Waals surface area contributed by atoms with Crippen molar-refractivity contribution in [3.63, 3.8) is 0 Å². The number of carbonyl (C=O) groups is 2. The highest BCUT2D eigenvalue weighted by Crippen LogP contribution is 2.17. The number of hydrogen-bond acceptors (Lipinski definition) is 2. The van der Waals surface area contributed by atoms with E-state index in [9.17, 15) is 9.59 Å². The Bertz CT molecular complexity index is 331. The molecule has 1 rings (SSSR count). The fraction of sp³-hybridized carbons (Fsp3) is 0.875. The van der Waals surface area contributed by atoms with Crippen molar-refractivity contribution in [2.45, 2.75) is 71.3 Å². The van der Waals surface area contributed by atoms with Crippen LogP contribution in [0, 0.1) is 5.92 Å². The number of piperidine rings is 1. The third-order valence-corrected chi connectivity index (χ3v) is 4.03. The summed E-state index contributed by atoms with van der Waals surface area (Å²) in [7, 11) is 0. The molecule has 1 fully saturated rings. The molecule has 1 atom stereocenters. The van der Waals surface area contributed by atoms with Crippen LogP contribution in [-0.4, -0.2) is 41.1 Å². The Balaban J connectivity index is 2.16. The third kappa shape index (κ3) is 6.82. The maximum atomic E-state index is 12.0. The second-order valence-electron chi connectivity index (χ2n) is 6.37. The van der Waals surface area contributed by atoms with Crippen LogP contribution >= 0.6 is 0 Å². The van der Waals surface area contributed by atoms with E-state index in [1.165, 1.54) is 24.2 Å². The minimum atomic E-state index is -0.890. The van der Waals surface area contributed by atoms with E-state index in [0.29, 0.717) is 19.5 Å². The summed E-state index contributed by atoms with van der Waals surface area (Å²) in [6.07, 6.45) is 8.15. The van der Waals surface area contributed by atoms with Crippen molar-refractivity contribution in [1.29, 1.82) is 0 Å². The first-order valence-electron chi connectivity index (χ1n) is 8.29. The number of carboxylic acids is 1. The molecule has 1 aliphatic rings. The van der Waals surface area contributed by atoms with Crippen molar-refractivity contribution in [2.24, 2.45) is 5.92 Å². The normalized spacial score (nSPS) is 18.8. The lowest BCUT2D eigenvalue weighted by Gasteiger charge is -2.32. The summed E-state index contributed by atoms with van der Waals surface area (Å²) < 4.78 is 0. The van der Waals surface area contributed by atoms with Gasteiger partial charge in [0.2, 0.25) is 0 Å². The molecule has 0 aromatic rings. The van der Waals surface area contributed by atoms with Crippen LogP contribution in [0.2, 0.25) is 0 Å². The minimum absolute atomic E-state index is 0.218. The molecule has 0 bridgehead atoms. The van der Waals surface area contributed by atoms with E-state index in [1.807, 2.05) is 0 Å². The first kappa shape index (κ1) is 17.8. The summed E-state index contributed by atoms with van der Waals surface area (Å²) in [5, 5.41) is 12.0. The lowest BCUT2D eigenvalue weighted by atomic mass is 10.0. The lowest BCUT2D eigenvalue weighted by molar-refractivity contribution is -0.143. The quantitative estimate of drug-likeness (QED) is 0.676. The number of nitrogens with zero attached hydrogens (tertiary/aromatic N) is 1. The van der Waals surface area contributed by atoms with Gasteiger partial charge in [-0.2, -0.15) is 0 Å². The van der Waals surface area contributed by atoms with Gasteiger partial charge in [-0.05, 0) is 31.6 Å². The number of urea groups is 1. The highest BCUT2D eigenvalue weighted by molar-refractivity contribution is 5.82. The summed E-state index contributed by atoms with van der Waals surface area (Å²) >= 11 is 0. The maximum Gasteiger partial charge on any atom is 0.326 e. The van der Waals surface area contributed by atoms with Crippen molar-refractivity contribution < 1.29 is 14.7 Å². The Morgan fingerprint density at radius 2 is 1.90 bits per heavy atom. The molecule has 0 saturated carbocycles. The van der Waals surface area contributed by atoms with Crippen LogP contribution in [0.5, 0.6) is 0 Å². The number of aliphatic carboxylic acids is 1. The highest BCUT2D eigenvalue weighted by Gasteiger charge is 2.31. The average Bonchev–Trinajstić information content (AvgIpc) is 2.45. The van der Waals surface area contributed by atoms with E-state index < -0.39 is 12.0 Å². The number of unbranched alkanes of at least 4 members (excludes halogenated alkanes) is 3. The second kappa shape index (κ2) is 9.64. The SMILES string of the molecule is CC(C)CCCCCCNC(=O)N1CCCCC1C(=O)O. The van der Waals surface area contributed by atoms with Crippen LogP contribution in [0.25, 0.3) is 0 Å². The molecule has 5 heteroatoms. The van der Waals surface area contributed by atoms with Gasteiger partial charge in [0.05, 0.1) is 0 Å². The van der Waals surface area contributed by atoms with Crippen LogP contribution in [0.15, 0.2) is 0 Å². The van der Waals surface area contributed by atoms with Crippen molar-refractivity contribution >= 4 is 12.0 Å². The molecule has 0 aromatic heterocycles. The molecule has 1 heterocycles. The Kier molecular flexibility index (Phi) is 8.16. The number of nitrogens with one attached hydrogen (secondary N) is 1. The second-order valence-corrected chi connectivity index (χ2v) is 6.37. The Morgan fingerprint density at radius 3 is 2.57 bits per heavy atom. The summed E-state index contributed by atoms with van der Waals surface area (Å²) in [4.78, 5) is 24.7. The molecule has 2 amide bonds. The van der Waals surface area contributed by atoms with Crippen molar-refractivity contribution in [1.82, 2.24) is 10.2 Å². The zero-order chi connectivity index (χ0) is 15.7. The summed E-state index contributed by atoms with van der Waals surface area (Å²) in [6.45, 7) is 5.66. The van der Waals surface area contributed by atoms with Gasteiger partial charge in [0, 0.05) is 13.1 Å². The van der Waals surface area contributed by atoms with E-state index in [2.05, 4.69) is 19.2 Å². The Hall–Kier alpha value is -1.26. The molecule has 0 radical (unpaired) electrons. The van der Waals surface area contributed by atoms with Crippen molar-refractivity contribution in [3.8, 4) is 0 Å². The van der Waals surface area contributed by atoms with Crippen LogP contribution < -0.4 is 5.32 Å². The first-order valence-corrected chi connectivity index (χ1v) is 8.29. The molecule has 0 spiro atoms. The zero-order valence-electron chi connectivity index (χ0n) is 13.4. The minimum Gasteiger partial charge on any atom is -0.480 e. The summed E-state index contributed by atoms with van der Waals surface area (Å²) in [5.41, 5.74) is 0. The van der Waals surface area contributed by atoms with Crippen LogP contribution in [0.3, 0.4) is 0 Å². The topological polar surface area (TPSA) is 69.6 Å². The fourth-order valence-corrected chi connectivity index (χ4v) is 2.76. The van der Waals surface area contributed by atoms with Gasteiger partial charge in [-0.1, -0.05) is 39.5 Å².